The van der Waals surface area contributed by atoms with E-state index in [-0.39, 0.29) is 11.3 Å². The Morgan fingerprint density at radius 3 is 2.87 bits per heavy atom. The van der Waals surface area contributed by atoms with E-state index < -0.39 is 0 Å². The molecule has 1 saturated heterocycles. The molecule has 2 aromatic rings. The number of aryl methyl sites for hydroxylation is 2. The molecule has 1 aliphatic heterocycles. The average Bonchev–Trinajstić information content (AvgIpc) is 3.17. The van der Waals surface area contributed by atoms with Crippen LogP contribution in [-0.2, 0) is 30.1 Å². The smallest absolute Gasteiger partial charge is 0.226 e. The molecule has 168 valence electrons. The van der Waals surface area contributed by atoms with Gasteiger partial charge in [-0.1, -0.05) is 12.1 Å². The number of nitrogens with zero attached hydrogens (tertiary/aromatic N) is 5. The lowest BCUT2D eigenvalue weighted by Crippen LogP contribution is -2.39. The highest BCUT2D eigenvalue weighted by Gasteiger charge is 2.62. The Balaban J connectivity index is 1.02. The van der Waals surface area contributed by atoms with E-state index in [4.69, 9.17) is 4.52 Å². The maximum absolute atomic E-state index is 12.3. The van der Waals surface area contributed by atoms with E-state index in [9.17, 15) is 4.79 Å². The van der Waals surface area contributed by atoms with Crippen LogP contribution in [0.4, 0.5) is 0 Å². The minimum absolute atomic E-state index is 0.0598. The standard InChI is InChI=1S/C23H34N6O2/c1-3-20-11-21(27-31-20)23-12-17(23)14-29(15-23)9-8-16-4-6-18(7-5-16)25-22(30)10-19-13-24-28(2)26-19/h11,13,16-18H,3-10,12,14-15H2,1-2H3,(H,25,30)/t16-,17-,18-,23-/m0/s1. The van der Waals surface area contributed by atoms with Gasteiger partial charge < -0.3 is 14.7 Å². The normalized spacial score (nSPS) is 30.3. The molecule has 0 spiro atoms. The van der Waals surface area contributed by atoms with Crippen LogP contribution in [-0.4, -0.2) is 56.6 Å². The summed E-state index contributed by atoms with van der Waals surface area (Å²) in [7, 11) is 1.77. The molecule has 3 fully saturated rings. The summed E-state index contributed by atoms with van der Waals surface area (Å²) in [5, 5.41) is 15.8. The van der Waals surface area contributed by atoms with Crippen molar-refractivity contribution in [1.82, 2.24) is 30.4 Å². The van der Waals surface area contributed by atoms with Gasteiger partial charge in [0.15, 0.2) is 0 Å². The molecule has 0 bridgehead atoms. The van der Waals surface area contributed by atoms with Crippen molar-refractivity contribution in [2.75, 3.05) is 19.6 Å². The SMILES string of the molecule is CCc1cc([C@]23C[C@H]2CN(CC[C@H]2CC[C@H](NC(=O)Cc4cnn(C)n4)CC2)C3)no1. The molecule has 2 atom stereocenters. The number of carbonyl (C=O) groups excluding carboxylic acids is 1. The number of fused-ring (bicyclic) bond motifs is 1. The van der Waals surface area contributed by atoms with Gasteiger partial charge in [-0.15, -0.1) is 0 Å². The second kappa shape index (κ2) is 8.37. The van der Waals surface area contributed by atoms with Gasteiger partial charge in [0.2, 0.25) is 5.91 Å². The van der Waals surface area contributed by atoms with Gasteiger partial charge in [-0.05, 0) is 56.9 Å². The number of likely N-dealkylation sites (tertiary alicyclic amines) is 1. The third-order valence-electron chi connectivity index (χ3n) is 7.69. The van der Waals surface area contributed by atoms with Crippen molar-refractivity contribution in [3.05, 3.63) is 29.4 Å². The Bertz CT molecular complexity index is 915. The molecular weight excluding hydrogens is 392 g/mol. The van der Waals surface area contributed by atoms with Gasteiger partial charge in [-0.25, -0.2) is 0 Å². The van der Waals surface area contributed by atoms with Crippen molar-refractivity contribution in [3.8, 4) is 0 Å². The maximum Gasteiger partial charge on any atom is 0.226 e. The summed E-state index contributed by atoms with van der Waals surface area (Å²) in [4.78, 5) is 16.4. The predicted octanol–water partition coefficient (Wildman–Crippen LogP) is 2.25. The fraction of sp³-hybridized carbons (Fsp3) is 0.739. The highest BCUT2D eigenvalue weighted by Crippen LogP contribution is 2.58. The second-order valence-corrected chi connectivity index (χ2v) is 9.90. The molecule has 2 aromatic heterocycles. The van der Waals surface area contributed by atoms with Crippen LogP contribution in [0.1, 0.15) is 62.6 Å². The Kier molecular flexibility index (Phi) is 5.58. The second-order valence-electron chi connectivity index (χ2n) is 9.90. The zero-order valence-corrected chi connectivity index (χ0v) is 18.7. The third kappa shape index (κ3) is 4.40. The lowest BCUT2D eigenvalue weighted by Gasteiger charge is -2.30. The summed E-state index contributed by atoms with van der Waals surface area (Å²) < 4.78 is 5.47. The van der Waals surface area contributed by atoms with Crippen LogP contribution in [0.5, 0.6) is 0 Å². The zero-order valence-electron chi connectivity index (χ0n) is 18.7. The maximum atomic E-state index is 12.3. The van der Waals surface area contributed by atoms with Gasteiger partial charge in [-0.3, -0.25) is 4.79 Å². The number of hydrogen-bond donors (Lipinski definition) is 1. The molecule has 0 unspecified atom stereocenters. The number of piperidine rings is 1. The van der Waals surface area contributed by atoms with E-state index in [1.165, 1.54) is 49.3 Å². The molecule has 8 heteroatoms. The van der Waals surface area contributed by atoms with Crippen molar-refractivity contribution >= 4 is 5.91 Å². The molecular formula is C23H34N6O2. The van der Waals surface area contributed by atoms with E-state index in [2.05, 4.69) is 38.6 Å². The van der Waals surface area contributed by atoms with Gasteiger partial charge >= 0.3 is 0 Å². The summed E-state index contributed by atoms with van der Waals surface area (Å²) >= 11 is 0. The summed E-state index contributed by atoms with van der Waals surface area (Å²) in [6.45, 7) is 5.65. The van der Waals surface area contributed by atoms with Crippen molar-refractivity contribution in [2.24, 2.45) is 18.9 Å². The number of rotatable bonds is 8. The molecule has 0 radical (unpaired) electrons. The van der Waals surface area contributed by atoms with Crippen LogP contribution >= 0.6 is 0 Å². The lowest BCUT2D eigenvalue weighted by atomic mass is 9.84. The fourth-order valence-corrected chi connectivity index (χ4v) is 5.74. The molecule has 5 rings (SSSR count). The number of nitrogens with one attached hydrogen (secondary N) is 1. The molecule has 3 aliphatic rings. The van der Waals surface area contributed by atoms with Crippen molar-refractivity contribution in [1.29, 1.82) is 0 Å². The van der Waals surface area contributed by atoms with Crippen LogP contribution in [0.15, 0.2) is 16.8 Å². The van der Waals surface area contributed by atoms with E-state index >= 15 is 0 Å². The highest BCUT2D eigenvalue weighted by molar-refractivity contribution is 5.78. The largest absolute Gasteiger partial charge is 0.361 e. The van der Waals surface area contributed by atoms with Crippen molar-refractivity contribution in [3.63, 3.8) is 0 Å². The molecule has 1 N–H and O–H groups in total. The first-order valence-electron chi connectivity index (χ1n) is 11.9. The molecule has 2 aliphatic carbocycles. The predicted molar refractivity (Wildman–Crippen MR) is 115 cm³/mol. The summed E-state index contributed by atoms with van der Waals surface area (Å²) in [6.07, 6.45) is 10.0. The first kappa shape index (κ1) is 20.7. The number of carbonyl (C=O) groups is 1. The summed E-state index contributed by atoms with van der Waals surface area (Å²) in [5.41, 5.74) is 2.20. The third-order valence-corrected chi connectivity index (χ3v) is 7.69. The van der Waals surface area contributed by atoms with E-state index in [1.807, 2.05) is 0 Å². The van der Waals surface area contributed by atoms with E-state index in [0.717, 1.165) is 49.1 Å². The van der Waals surface area contributed by atoms with Gasteiger partial charge in [0.25, 0.3) is 0 Å². The summed E-state index contributed by atoms with van der Waals surface area (Å²) in [5.74, 6) is 2.61. The molecule has 2 saturated carbocycles. The topological polar surface area (TPSA) is 89.1 Å². The molecule has 0 aromatic carbocycles. The quantitative estimate of drug-likeness (QED) is 0.696. The monoisotopic (exact) mass is 426 g/mol. The van der Waals surface area contributed by atoms with Crippen molar-refractivity contribution < 1.29 is 9.32 Å². The highest BCUT2D eigenvalue weighted by atomic mass is 16.5. The average molecular weight is 427 g/mol. The Morgan fingerprint density at radius 2 is 2.16 bits per heavy atom. The molecule has 31 heavy (non-hydrogen) atoms. The first-order chi connectivity index (χ1) is 15.0. The molecule has 3 heterocycles. The fourth-order valence-electron chi connectivity index (χ4n) is 5.74. The van der Waals surface area contributed by atoms with Crippen LogP contribution in [0, 0.1) is 11.8 Å². The number of hydrogen-bond acceptors (Lipinski definition) is 6. The zero-order chi connectivity index (χ0) is 21.4. The van der Waals surface area contributed by atoms with Crippen LogP contribution in [0.3, 0.4) is 0 Å². The molecule has 8 nitrogen and oxygen atoms in total. The van der Waals surface area contributed by atoms with Crippen LogP contribution < -0.4 is 5.32 Å². The van der Waals surface area contributed by atoms with Gasteiger partial charge in [0.1, 0.15) is 5.76 Å². The Hall–Kier alpha value is -2.22. The van der Waals surface area contributed by atoms with Gasteiger partial charge in [0.05, 0.1) is 24.0 Å². The summed E-state index contributed by atoms with van der Waals surface area (Å²) in [6, 6.07) is 2.49. The van der Waals surface area contributed by atoms with Gasteiger partial charge in [0, 0.05) is 44.1 Å². The van der Waals surface area contributed by atoms with E-state index in [1.54, 1.807) is 13.2 Å². The Labute approximate surface area is 183 Å². The number of aromatic nitrogens is 4. The number of amides is 1. The lowest BCUT2D eigenvalue weighted by molar-refractivity contribution is -0.121. The molecule has 1 amide bonds. The van der Waals surface area contributed by atoms with Crippen molar-refractivity contribution in [2.45, 2.75) is 69.7 Å². The Morgan fingerprint density at radius 1 is 1.32 bits per heavy atom. The van der Waals surface area contributed by atoms with Gasteiger partial charge in [-0.2, -0.15) is 15.0 Å². The van der Waals surface area contributed by atoms with Crippen LogP contribution in [0.2, 0.25) is 0 Å². The minimum atomic E-state index is 0.0598. The first-order valence-corrected chi connectivity index (χ1v) is 11.9. The minimum Gasteiger partial charge on any atom is -0.361 e. The van der Waals surface area contributed by atoms with Crippen LogP contribution in [0.25, 0.3) is 0 Å². The van der Waals surface area contributed by atoms with E-state index in [0.29, 0.717) is 12.5 Å².